The maximum atomic E-state index is 13.2. The third kappa shape index (κ3) is 4.53. The molecule has 11 heteroatoms. The van der Waals surface area contributed by atoms with E-state index in [1.54, 1.807) is 35.1 Å². The highest BCUT2D eigenvalue weighted by Crippen LogP contribution is 2.45. The van der Waals surface area contributed by atoms with Crippen LogP contribution >= 0.6 is 39.1 Å². The van der Waals surface area contributed by atoms with Gasteiger partial charge in [0.2, 0.25) is 5.91 Å². The lowest BCUT2D eigenvalue weighted by Crippen LogP contribution is -2.21. The van der Waals surface area contributed by atoms with Crippen LogP contribution in [0.3, 0.4) is 0 Å². The molecule has 0 saturated heterocycles. The van der Waals surface area contributed by atoms with Crippen LogP contribution in [-0.2, 0) is 17.9 Å². The third-order valence-corrected chi connectivity index (χ3v) is 6.23. The van der Waals surface area contributed by atoms with Crippen LogP contribution in [0.5, 0.6) is 0 Å². The molecule has 1 saturated carbocycles. The Morgan fingerprint density at radius 2 is 1.93 bits per heavy atom. The summed E-state index contributed by atoms with van der Waals surface area (Å²) < 4.78 is 29.6. The number of carbonyl (C=O) groups is 1. The highest BCUT2D eigenvalue weighted by atomic mass is 79.9. The Labute approximate surface area is 189 Å². The molecule has 6 nitrogen and oxygen atoms in total. The predicted molar refractivity (Wildman–Crippen MR) is 113 cm³/mol. The van der Waals surface area contributed by atoms with Crippen LogP contribution in [0.15, 0.2) is 34.9 Å². The molecule has 0 radical (unpaired) electrons. The van der Waals surface area contributed by atoms with Crippen LogP contribution in [0.2, 0.25) is 10.0 Å². The first kappa shape index (κ1) is 21.3. The second-order valence-electron chi connectivity index (χ2n) is 6.96. The molecular formula is C19H16BrCl2F2N5O. The smallest absolute Gasteiger partial charge is 0.283 e. The van der Waals surface area contributed by atoms with Gasteiger partial charge in [-0.05, 0) is 40.9 Å². The molecule has 158 valence electrons. The molecule has 0 bridgehead atoms. The molecule has 3 aromatic rings. The van der Waals surface area contributed by atoms with Crippen molar-refractivity contribution in [1.29, 1.82) is 0 Å². The topological polar surface area (TPSA) is 64.7 Å². The quantitative estimate of drug-likeness (QED) is 0.439. The Kier molecular flexibility index (Phi) is 6.13. The van der Waals surface area contributed by atoms with E-state index in [1.807, 2.05) is 0 Å². The van der Waals surface area contributed by atoms with Crippen molar-refractivity contribution in [3.63, 3.8) is 0 Å². The normalized spacial score (nSPS) is 13.8. The van der Waals surface area contributed by atoms with Gasteiger partial charge in [-0.1, -0.05) is 29.3 Å². The summed E-state index contributed by atoms with van der Waals surface area (Å²) in [5, 5.41) is 12.0. The molecular weight excluding hydrogens is 503 g/mol. The summed E-state index contributed by atoms with van der Waals surface area (Å²) in [6.07, 6.45) is 0.755. The van der Waals surface area contributed by atoms with E-state index in [1.165, 1.54) is 4.68 Å². The van der Waals surface area contributed by atoms with Crippen LogP contribution in [0, 0.1) is 0 Å². The Hall–Kier alpha value is -1.97. The lowest BCUT2D eigenvalue weighted by atomic mass is 10.2. The zero-order valence-electron chi connectivity index (χ0n) is 15.5. The number of carbonyl (C=O) groups excluding carboxylic acids is 1. The molecule has 1 aromatic carbocycles. The fourth-order valence-electron chi connectivity index (χ4n) is 3.16. The number of alkyl halides is 2. The largest absolute Gasteiger partial charge is 0.308 e. The minimum atomic E-state index is -2.71. The number of anilines is 1. The van der Waals surface area contributed by atoms with E-state index < -0.39 is 12.3 Å². The van der Waals surface area contributed by atoms with Crippen molar-refractivity contribution < 1.29 is 13.6 Å². The van der Waals surface area contributed by atoms with E-state index in [2.05, 4.69) is 31.4 Å². The molecule has 1 amide bonds. The van der Waals surface area contributed by atoms with Gasteiger partial charge in [-0.2, -0.15) is 10.2 Å². The van der Waals surface area contributed by atoms with Gasteiger partial charge in [0, 0.05) is 33.8 Å². The molecule has 2 aromatic heterocycles. The molecule has 1 aliphatic carbocycles. The summed E-state index contributed by atoms with van der Waals surface area (Å²) in [7, 11) is 0. The standard InChI is InChI=1S/C19H16BrCl2F2N5O/c20-16-17(19(23)24)27-29(18(16)10-4-5-10)9-15(30)25-14-6-7-28(26-14)8-11-12(21)2-1-3-13(11)22/h1-3,6-7,10,19H,4-5,8-9H2,(H,25,26,30). The molecule has 0 atom stereocenters. The number of hydrogen-bond acceptors (Lipinski definition) is 3. The van der Waals surface area contributed by atoms with E-state index in [0.717, 1.165) is 18.4 Å². The molecule has 30 heavy (non-hydrogen) atoms. The van der Waals surface area contributed by atoms with Gasteiger partial charge in [0.05, 0.1) is 16.7 Å². The van der Waals surface area contributed by atoms with Gasteiger partial charge in [-0.25, -0.2) is 8.78 Å². The van der Waals surface area contributed by atoms with Crippen LogP contribution < -0.4 is 5.32 Å². The molecule has 0 aliphatic heterocycles. The SMILES string of the molecule is O=C(Cn1nc(C(F)F)c(Br)c1C1CC1)Nc1ccn(Cc2c(Cl)cccc2Cl)n1. The van der Waals surface area contributed by atoms with E-state index in [0.29, 0.717) is 28.1 Å². The average molecular weight is 519 g/mol. The number of amides is 1. The van der Waals surface area contributed by atoms with Gasteiger partial charge in [0.1, 0.15) is 12.2 Å². The number of hydrogen-bond donors (Lipinski definition) is 1. The van der Waals surface area contributed by atoms with Crippen molar-refractivity contribution in [3.05, 3.63) is 61.9 Å². The average Bonchev–Trinajstić information content (AvgIpc) is 3.33. The summed E-state index contributed by atoms with van der Waals surface area (Å²) in [5.41, 5.74) is 1.02. The highest BCUT2D eigenvalue weighted by molar-refractivity contribution is 9.10. The van der Waals surface area contributed by atoms with E-state index in [4.69, 9.17) is 23.2 Å². The number of rotatable bonds is 7. The molecule has 1 N–H and O–H groups in total. The second-order valence-corrected chi connectivity index (χ2v) is 8.57. The molecule has 0 unspecified atom stereocenters. The maximum Gasteiger partial charge on any atom is 0.283 e. The first-order valence-corrected chi connectivity index (χ1v) is 10.7. The molecule has 1 aliphatic rings. The molecule has 1 fully saturated rings. The first-order valence-electron chi connectivity index (χ1n) is 9.14. The van der Waals surface area contributed by atoms with Gasteiger partial charge in [0.15, 0.2) is 5.82 Å². The van der Waals surface area contributed by atoms with Gasteiger partial charge in [0.25, 0.3) is 6.43 Å². The van der Waals surface area contributed by atoms with Crippen molar-refractivity contribution in [2.45, 2.75) is 38.3 Å². The van der Waals surface area contributed by atoms with E-state index >= 15 is 0 Å². The Morgan fingerprint density at radius 3 is 2.57 bits per heavy atom. The number of halogens is 5. The van der Waals surface area contributed by atoms with Crippen molar-refractivity contribution in [2.75, 3.05) is 5.32 Å². The first-order chi connectivity index (χ1) is 14.3. The van der Waals surface area contributed by atoms with Crippen LogP contribution in [0.1, 0.15) is 42.1 Å². The minimum Gasteiger partial charge on any atom is -0.308 e. The zero-order valence-corrected chi connectivity index (χ0v) is 18.6. The van der Waals surface area contributed by atoms with Gasteiger partial charge >= 0.3 is 0 Å². The fourth-order valence-corrected chi connectivity index (χ4v) is 4.46. The van der Waals surface area contributed by atoms with Crippen molar-refractivity contribution in [3.8, 4) is 0 Å². The van der Waals surface area contributed by atoms with Gasteiger partial charge in [-0.3, -0.25) is 14.2 Å². The Balaban J connectivity index is 1.45. The van der Waals surface area contributed by atoms with E-state index in [9.17, 15) is 13.6 Å². The van der Waals surface area contributed by atoms with E-state index in [-0.39, 0.29) is 22.6 Å². The Morgan fingerprint density at radius 1 is 1.23 bits per heavy atom. The maximum absolute atomic E-state index is 13.2. The molecule has 4 rings (SSSR count). The molecule has 2 heterocycles. The zero-order chi connectivity index (χ0) is 21.4. The monoisotopic (exact) mass is 517 g/mol. The van der Waals surface area contributed by atoms with Crippen LogP contribution in [0.4, 0.5) is 14.6 Å². The highest BCUT2D eigenvalue weighted by Gasteiger charge is 2.34. The van der Waals surface area contributed by atoms with Gasteiger partial charge < -0.3 is 5.32 Å². The lowest BCUT2D eigenvalue weighted by molar-refractivity contribution is -0.117. The Bertz CT molecular complexity index is 1080. The summed E-state index contributed by atoms with van der Waals surface area (Å²) in [5.74, 6) is 0.0666. The lowest BCUT2D eigenvalue weighted by Gasteiger charge is -2.08. The fraction of sp³-hybridized carbons (Fsp3) is 0.316. The molecule has 0 spiro atoms. The van der Waals surface area contributed by atoms with Crippen molar-refractivity contribution in [2.24, 2.45) is 0 Å². The number of aromatic nitrogens is 4. The van der Waals surface area contributed by atoms with Gasteiger partial charge in [-0.15, -0.1) is 0 Å². The number of benzene rings is 1. The second kappa shape index (κ2) is 8.64. The van der Waals surface area contributed by atoms with Crippen LogP contribution in [0.25, 0.3) is 0 Å². The van der Waals surface area contributed by atoms with Crippen molar-refractivity contribution >= 4 is 50.9 Å². The summed E-state index contributed by atoms with van der Waals surface area (Å²) in [6, 6.07) is 6.87. The predicted octanol–water partition coefficient (Wildman–Crippen LogP) is 5.65. The number of nitrogens with zero attached hydrogens (tertiary/aromatic N) is 4. The number of nitrogens with one attached hydrogen (secondary N) is 1. The summed E-state index contributed by atoms with van der Waals surface area (Å²) in [4.78, 5) is 12.5. The minimum absolute atomic E-state index is 0.145. The summed E-state index contributed by atoms with van der Waals surface area (Å²) in [6.45, 7) is 0.157. The van der Waals surface area contributed by atoms with Crippen molar-refractivity contribution in [1.82, 2.24) is 19.6 Å². The van der Waals surface area contributed by atoms with Crippen LogP contribution in [-0.4, -0.2) is 25.5 Å². The third-order valence-electron chi connectivity index (χ3n) is 4.71. The summed E-state index contributed by atoms with van der Waals surface area (Å²) >= 11 is 15.6.